The number of ether oxygens (including phenoxy) is 2. The summed E-state index contributed by atoms with van der Waals surface area (Å²) in [6.45, 7) is 1.25. The number of esters is 1. The maximum absolute atomic E-state index is 11.7. The van der Waals surface area contributed by atoms with Crippen LogP contribution in [0.2, 0.25) is 0 Å². The number of anilines is 1. The molecule has 0 radical (unpaired) electrons. The van der Waals surface area contributed by atoms with Crippen LogP contribution in [0.15, 0.2) is 36.5 Å². The van der Waals surface area contributed by atoms with Crippen LogP contribution < -0.4 is 10.5 Å². The SMILES string of the molecule is COC(=O)c1cc(N)cn1CC1COc2ccccc21. The quantitative estimate of drug-likeness (QED) is 0.868. The van der Waals surface area contributed by atoms with Crippen LogP contribution in [-0.2, 0) is 11.3 Å². The van der Waals surface area contributed by atoms with Crippen molar-refractivity contribution >= 4 is 11.7 Å². The fourth-order valence-corrected chi connectivity index (χ4v) is 2.58. The fraction of sp³-hybridized carbons (Fsp3) is 0.267. The largest absolute Gasteiger partial charge is 0.493 e. The van der Waals surface area contributed by atoms with Gasteiger partial charge in [-0.2, -0.15) is 0 Å². The number of hydrogen-bond donors (Lipinski definition) is 1. The highest BCUT2D eigenvalue weighted by atomic mass is 16.5. The standard InChI is InChI=1S/C15H16N2O3/c1-19-15(18)13-6-11(16)8-17(13)7-10-9-20-14-5-3-2-4-12(10)14/h2-6,8,10H,7,9,16H2,1H3. The van der Waals surface area contributed by atoms with E-state index >= 15 is 0 Å². The van der Waals surface area contributed by atoms with Gasteiger partial charge in [-0.3, -0.25) is 0 Å². The van der Waals surface area contributed by atoms with Crippen molar-refractivity contribution in [2.75, 3.05) is 19.5 Å². The molecule has 1 aromatic heterocycles. The summed E-state index contributed by atoms with van der Waals surface area (Å²) >= 11 is 0. The summed E-state index contributed by atoms with van der Waals surface area (Å²) in [6, 6.07) is 9.59. The molecule has 1 aliphatic rings. The van der Waals surface area contributed by atoms with E-state index in [2.05, 4.69) is 6.07 Å². The molecule has 0 fully saturated rings. The predicted octanol–water partition coefficient (Wildman–Crippen LogP) is 2.03. The molecule has 20 heavy (non-hydrogen) atoms. The highest BCUT2D eigenvalue weighted by Gasteiger charge is 2.25. The van der Waals surface area contributed by atoms with Gasteiger partial charge in [0.2, 0.25) is 0 Å². The van der Waals surface area contributed by atoms with Crippen molar-refractivity contribution in [3.05, 3.63) is 47.8 Å². The Bertz CT molecular complexity index is 648. The summed E-state index contributed by atoms with van der Waals surface area (Å²) in [5, 5.41) is 0. The number of para-hydroxylation sites is 1. The van der Waals surface area contributed by atoms with Crippen molar-refractivity contribution in [3.8, 4) is 5.75 Å². The molecule has 2 N–H and O–H groups in total. The molecule has 104 valence electrons. The smallest absolute Gasteiger partial charge is 0.354 e. The summed E-state index contributed by atoms with van der Waals surface area (Å²) in [5.41, 5.74) is 7.96. The van der Waals surface area contributed by atoms with Crippen LogP contribution in [0, 0.1) is 0 Å². The molecule has 5 heteroatoms. The van der Waals surface area contributed by atoms with Gasteiger partial charge >= 0.3 is 5.97 Å². The van der Waals surface area contributed by atoms with Crippen LogP contribution in [0.3, 0.4) is 0 Å². The van der Waals surface area contributed by atoms with Crippen molar-refractivity contribution in [1.82, 2.24) is 4.57 Å². The van der Waals surface area contributed by atoms with Crippen LogP contribution in [0.25, 0.3) is 0 Å². The second-order valence-electron chi connectivity index (χ2n) is 4.85. The van der Waals surface area contributed by atoms with Gasteiger partial charge in [-0.25, -0.2) is 4.79 Å². The first-order valence-corrected chi connectivity index (χ1v) is 6.44. The molecule has 1 atom stereocenters. The van der Waals surface area contributed by atoms with E-state index in [1.54, 1.807) is 12.3 Å². The van der Waals surface area contributed by atoms with Gasteiger partial charge in [0.25, 0.3) is 0 Å². The molecule has 1 unspecified atom stereocenters. The number of nitrogens with two attached hydrogens (primary N) is 1. The van der Waals surface area contributed by atoms with Gasteiger partial charge in [0.15, 0.2) is 0 Å². The van der Waals surface area contributed by atoms with E-state index in [4.69, 9.17) is 15.2 Å². The molecule has 0 saturated carbocycles. The highest BCUT2D eigenvalue weighted by Crippen LogP contribution is 2.34. The number of nitrogen functional groups attached to an aromatic ring is 1. The molecule has 1 aliphatic heterocycles. The van der Waals surface area contributed by atoms with Gasteiger partial charge < -0.3 is 19.8 Å². The zero-order chi connectivity index (χ0) is 14.1. The molecule has 2 aromatic rings. The van der Waals surface area contributed by atoms with Crippen LogP contribution in [-0.4, -0.2) is 24.3 Å². The number of nitrogens with zero attached hydrogens (tertiary/aromatic N) is 1. The van der Waals surface area contributed by atoms with E-state index in [1.807, 2.05) is 22.8 Å². The average molecular weight is 272 g/mol. The minimum absolute atomic E-state index is 0.210. The molecule has 0 aliphatic carbocycles. The molecule has 5 nitrogen and oxygen atoms in total. The lowest BCUT2D eigenvalue weighted by Crippen LogP contribution is -2.15. The van der Waals surface area contributed by atoms with Crippen LogP contribution in [0.4, 0.5) is 5.69 Å². The Labute approximate surface area is 116 Å². The third-order valence-corrected chi connectivity index (χ3v) is 3.53. The summed E-state index contributed by atoms with van der Waals surface area (Å²) in [6.07, 6.45) is 1.76. The van der Waals surface area contributed by atoms with Crippen LogP contribution >= 0.6 is 0 Å². The zero-order valence-electron chi connectivity index (χ0n) is 11.2. The average Bonchev–Trinajstić information content (AvgIpc) is 3.03. The zero-order valence-corrected chi connectivity index (χ0v) is 11.2. The number of carbonyl (C=O) groups is 1. The van der Waals surface area contributed by atoms with E-state index < -0.39 is 0 Å². The van der Waals surface area contributed by atoms with Gasteiger partial charge in [0, 0.05) is 24.2 Å². The lowest BCUT2D eigenvalue weighted by molar-refractivity contribution is 0.0587. The monoisotopic (exact) mass is 272 g/mol. The minimum atomic E-state index is -0.381. The minimum Gasteiger partial charge on any atom is -0.493 e. The van der Waals surface area contributed by atoms with Gasteiger partial charge in [0.1, 0.15) is 11.4 Å². The highest BCUT2D eigenvalue weighted by molar-refractivity contribution is 5.89. The topological polar surface area (TPSA) is 66.5 Å². The van der Waals surface area contributed by atoms with Gasteiger partial charge in [0.05, 0.1) is 19.4 Å². The first kappa shape index (κ1) is 12.6. The molecule has 2 heterocycles. The number of methoxy groups -OCH3 is 1. The summed E-state index contributed by atoms with van der Waals surface area (Å²) in [4.78, 5) is 11.7. The second kappa shape index (κ2) is 4.92. The van der Waals surface area contributed by atoms with Crippen LogP contribution in [0.5, 0.6) is 5.75 Å². The van der Waals surface area contributed by atoms with Crippen LogP contribution in [0.1, 0.15) is 22.0 Å². The van der Waals surface area contributed by atoms with Gasteiger partial charge in [-0.1, -0.05) is 18.2 Å². The normalized spacial score (nSPS) is 16.6. The van der Waals surface area contributed by atoms with E-state index in [0.29, 0.717) is 24.5 Å². The fourth-order valence-electron chi connectivity index (χ4n) is 2.58. The van der Waals surface area contributed by atoms with Gasteiger partial charge in [-0.05, 0) is 12.1 Å². The summed E-state index contributed by atoms with van der Waals surface area (Å²) in [7, 11) is 1.36. The number of rotatable bonds is 3. The van der Waals surface area contributed by atoms with Crippen molar-refractivity contribution in [3.63, 3.8) is 0 Å². The number of aromatic nitrogens is 1. The number of benzene rings is 1. The molecule has 0 bridgehead atoms. The van der Waals surface area contributed by atoms with E-state index in [1.165, 1.54) is 7.11 Å². The Hall–Kier alpha value is -2.43. The molecule has 0 saturated heterocycles. The molecular formula is C15H16N2O3. The number of fused-ring (bicyclic) bond motifs is 1. The lowest BCUT2D eigenvalue weighted by atomic mass is 10.0. The van der Waals surface area contributed by atoms with Crippen molar-refractivity contribution in [2.45, 2.75) is 12.5 Å². The number of hydrogen-bond acceptors (Lipinski definition) is 4. The Balaban J connectivity index is 1.88. The van der Waals surface area contributed by atoms with Crippen molar-refractivity contribution in [2.24, 2.45) is 0 Å². The Morgan fingerprint density at radius 3 is 3.10 bits per heavy atom. The summed E-state index contributed by atoms with van der Waals surface area (Å²) in [5.74, 6) is 0.743. The maximum atomic E-state index is 11.7. The second-order valence-corrected chi connectivity index (χ2v) is 4.85. The third-order valence-electron chi connectivity index (χ3n) is 3.53. The Kier molecular flexibility index (Phi) is 3.10. The first-order chi connectivity index (χ1) is 9.69. The summed E-state index contributed by atoms with van der Waals surface area (Å²) < 4.78 is 12.3. The predicted molar refractivity (Wildman–Crippen MR) is 74.9 cm³/mol. The first-order valence-electron chi connectivity index (χ1n) is 6.44. The molecule has 0 spiro atoms. The van der Waals surface area contributed by atoms with E-state index in [-0.39, 0.29) is 11.9 Å². The molecule has 0 amide bonds. The Morgan fingerprint density at radius 2 is 2.30 bits per heavy atom. The Morgan fingerprint density at radius 1 is 1.50 bits per heavy atom. The molecule has 3 rings (SSSR count). The molecule has 1 aromatic carbocycles. The van der Waals surface area contributed by atoms with Crippen molar-refractivity contribution < 1.29 is 14.3 Å². The molecular weight excluding hydrogens is 256 g/mol. The van der Waals surface area contributed by atoms with Crippen molar-refractivity contribution in [1.29, 1.82) is 0 Å². The van der Waals surface area contributed by atoms with E-state index in [9.17, 15) is 4.79 Å². The number of carbonyl (C=O) groups excluding carboxylic acids is 1. The lowest BCUT2D eigenvalue weighted by Gasteiger charge is -2.12. The maximum Gasteiger partial charge on any atom is 0.354 e. The van der Waals surface area contributed by atoms with E-state index in [0.717, 1.165) is 11.3 Å². The third kappa shape index (κ3) is 2.11. The van der Waals surface area contributed by atoms with Gasteiger partial charge in [-0.15, -0.1) is 0 Å².